The monoisotopic (exact) mass is 259 g/mol. The van der Waals surface area contributed by atoms with Crippen LogP contribution < -0.4 is 5.32 Å². The number of benzene rings is 1. The number of rotatable bonds is 6. The molecule has 0 unspecified atom stereocenters. The van der Waals surface area contributed by atoms with Gasteiger partial charge in [-0.1, -0.05) is 12.1 Å². The van der Waals surface area contributed by atoms with Gasteiger partial charge in [0.25, 0.3) is 0 Å². The van der Waals surface area contributed by atoms with Crippen molar-refractivity contribution in [3.8, 4) is 0 Å². The predicted octanol–water partition coefficient (Wildman–Crippen LogP) is 2.66. The number of hydrogen-bond acceptors (Lipinski definition) is 2. The van der Waals surface area contributed by atoms with Gasteiger partial charge in [0.1, 0.15) is 0 Å². The molecule has 0 saturated carbocycles. The Bertz CT molecular complexity index is 480. The van der Waals surface area contributed by atoms with Crippen LogP contribution in [0, 0.1) is 0 Å². The molecule has 0 saturated heterocycles. The maximum atomic E-state index is 12.1. The van der Waals surface area contributed by atoms with E-state index in [4.69, 9.17) is 0 Å². The van der Waals surface area contributed by atoms with Crippen molar-refractivity contribution < 1.29 is 9.59 Å². The third kappa shape index (κ3) is 3.66. The van der Waals surface area contributed by atoms with Gasteiger partial charge in [0, 0.05) is 24.9 Å². The number of Topliss-reactive ketones (excluding diaryl/α,β-unsaturated/α-hetero) is 1. The molecular weight excluding hydrogens is 238 g/mol. The molecule has 0 atom stereocenters. The zero-order valence-electron chi connectivity index (χ0n) is 11.5. The zero-order valence-corrected chi connectivity index (χ0v) is 11.5. The molecule has 3 nitrogen and oxygen atoms in total. The first-order valence-electron chi connectivity index (χ1n) is 7.12. The number of carbonyl (C=O) groups is 2. The summed E-state index contributed by atoms with van der Waals surface area (Å²) in [5.74, 6) is 0.184. The third-order valence-electron chi connectivity index (χ3n) is 3.60. The van der Waals surface area contributed by atoms with Crippen molar-refractivity contribution in [2.45, 2.75) is 45.4 Å². The fraction of sp³-hybridized carbons (Fsp3) is 0.500. The summed E-state index contributed by atoms with van der Waals surface area (Å²) >= 11 is 0. The van der Waals surface area contributed by atoms with Crippen LogP contribution in [-0.4, -0.2) is 18.2 Å². The van der Waals surface area contributed by atoms with Crippen LogP contribution in [0.5, 0.6) is 0 Å². The molecule has 0 aliphatic heterocycles. The van der Waals surface area contributed by atoms with Gasteiger partial charge >= 0.3 is 0 Å². The van der Waals surface area contributed by atoms with Gasteiger partial charge in [-0.2, -0.15) is 0 Å². The van der Waals surface area contributed by atoms with Crippen LogP contribution in [0.3, 0.4) is 0 Å². The summed E-state index contributed by atoms with van der Waals surface area (Å²) in [5.41, 5.74) is 3.52. The van der Waals surface area contributed by atoms with Crippen LogP contribution in [0.25, 0.3) is 0 Å². The topological polar surface area (TPSA) is 46.2 Å². The van der Waals surface area contributed by atoms with Gasteiger partial charge in [0.05, 0.1) is 0 Å². The fourth-order valence-electron chi connectivity index (χ4n) is 2.58. The number of carbonyl (C=O) groups excluding carboxylic acids is 2. The van der Waals surface area contributed by atoms with E-state index in [9.17, 15) is 9.59 Å². The number of ketones is 1. The average molecular weight is 259 g/mol. The van der Waals surface area contributed by atoms with Crippen molar-refractivity contribution in [3.05, 3.63) is 34.9 Å². The second-order valence-electron chi connectivity index (χ2n) is 5.07. The molecule has 0 radical (unpaired) electrons. The lowest BCUT2D eigenvalue weighted by Gasteiger charge is -2.05. The maximum absolute atomic E-state index is 12.1. The van der Waals surface area contributed by atoms with Gasteiger partial charge < -0.3 is 5.32 Å². The molecule has 0 bridgehead atoms. The minimum Gasteiger partial charge on any atom is -0.356 e. The molecule has 0 aromatic heterocycles. The third-order valence-corrected chi connectivity index (χ3v) is 3.60. The van der Waals surface area contributed by atoms with Gasteiger partial charge in [-0.25, -0.2) is 0 Å². The molecule has 3 heteroatoms. The van der Waals surface area contributed by atoms with Gasteiger partial charge in [0.15, 0.2) is 5.78 Å². The van der Waals surface area contributed by atoms with Crippen molar-refractivity contribution in [1.29, 1.82) is 0 Å². The van der Waals surface area contributed by atoms with Crippen molar-refractivity contribution >= 4 is 11.7 Å². The molecule has 1 aromatic rings. The highest BCUT2D eigenvalue weighted by Crippen LogP contribution is 2.23. The molecule has 1 aliphatic rings. The van der Waals surface area contributed by atoms with Gasteiger partial charge in [-0.15, -0.1) is 0 Å². The summed E-state index contributed by atoms with van der Waals surface area (Å²) in [6.07, 6.45) is 4.95. The van der Waals surface area contributed by atoms with Crippen LogP contribution in [-0.2, 0) is 17.6 Å². The lowest BCUT2D eigenvalue weighted by molar-refractivity contribution is -0.121. The van der Waals surface area contributed by atoms with Crippen LogP contribution >= 0.6 is 0 Å². The second kappa shape index (κ2) is 6.50. The zero-order chi connectivity index (χ0) is 13.7. The molecule has 102 valence electrons. The van der Waals surface area contributed by atoms with Gasteiger partial charge in [-0.3, -0.25) is 9.59 Å². The largest absolute Gasteiger partial charge is 0.356 e. The Kier molecular flexibility index (Phi) is 4.72. The number of fused-ring (bicyclic) bond motifs is 1. The van der Waals surface area contributed by atoms with E-state index in [0.29, 0.717) is 25.8 Å². The van der Waals surface area contributed by atoms with Crippen LogP contribution in [0.1, 0.15) is 54.1 Å². The predicted molar refractivity (Wildman–Crippen MR) is 75.3 cm³/mol. The van der Waals surface area contributed by atoms with Crippen molar-refractivity contribution in [2.24, 2.45) is 0 Å². The van der Waals surface area contributed by atoms with E-state index in [0.717, 1.165) is 18.4 Å². The highest BCUT2D eigenvalue weighted by atomic mass is 16.1. The molecule has 1 aliphatic carbocycles. The quantitative estimate of drug-likeness (QED) is 0.798. The molecule has 0 fully saturated rings. The summed E-state index contributed by atoms with van der Waals surface area (Å²) in [7, 11) is 0. The first-order chi connectivity index (χ1) is 9.20. The Balaban J connectivity index is 1.85. The van der Waals surface area contributed by atoms with E-state index in [1.54, 1.807) is 0 Å². The Morgan fingerprint density at radius 3 is 2.74 bits per heavy atom. The van der Waals surface area contributed by atoms with E-state index in [-0.39, 0.29) is 11.7 Å². The molecule has 0 heterocycles. The Hall–Kier alpha value is -1.64. The van der Waals surface area contributed by atoms with E-state index >= 15 is 0 Å². The van der Waals surface area contributed by atoms with Crippen molar-refractivity contribution in [3.63, 3.8) is 0 Å². The van der Waals surface area contributed by atoms with Gasteiger partial charge in [0.2, 0.25) is 5.91 Å². The van der Waals surface area contributed by atoms with Crippen LogP contribution in [0.4, 0.5) is 0 Å². The number of hydrogen-bond donors (Lipinski definition) is 1. The Labute approximate surface area is 114 Å². The van der Waals surface area contributed by atoms with E-state index in [1.165, 1.54) is 17.5 Å². The number of nitrogens with one attached hydrogen (secondary N) is 1. The minimum absolute atomic E-state index is 0.0317. The van der Waals surface area contributed by atoms with Crippen molar-refractivity contribution in [2.75, 3.05) is 6.54 Å². The summed E-state index contributed by atoms with van der Waals surface area (Å²) in [6.45, 7) is 2.55. The van der Waals surface area contributed by atoms with E-state index in [1.807, 2.05) is 19.1 Å². The molecule has 1 N–H and O–H groups in total. The summed E-state index contributed by atoms with van der Waals surface area (Å²) in [5, 5.41) is 2.74. The standard InChI is InChI=1S/C16H21NO2/c1-2-17-16(19)8-4-7-15(18)14-10-9-12-5-3-6-13(12)11-14/h9-11H,2-8H2,1H3,(H,17,19). The Morgan fingerprint density at radius 1 is 1.16 bits per heavy atom. The molecule has 0 spiro atoms. The summed E-state index contributed by atoms with van der Waals surface area (Å²) in [6, 6.07) is 6.05. The second-order valence-corrected chi connectivity index (χ2v) is 5.07. The van der Waals surface area contributed by atoms with Crippen LogP contribution in [0.2, 0.25) is 0 Å². The lowest BCUT2D eigenvalue weighted by atomic mass is 10.0. The Morgan fingerprint density at radius 2 is 1.95 bits per heavy atom. The maximum Gasteiger partial charge on any atom is 0.219 e. The SMILES string of the molecule is CCNC(=O)CCCC(=O)c1ccc2c(c1)CCC2. The highest BCUT2D eigenvalue weighted by molar-refractivity contribution is 5.96. The normalized spacial score (nSPS) is 13.1. The van der Waals surface area contributed by atoms with Crippen molar-refractivity contribution in [1.82, 2.24) is 5.32 Å². The molecule has 2 rings (SSSR count). The fourth-order valence-corrected chi connectivity index (χ4v) is 2.58. The van der Waals surface area contributed by atoms with Gasteiger partial charge in [-0.05, 0) is 49.8 Å². The molecule has 1 aromatic carbocycles. The highest BCUT2D eigenvalue weighted by Gasteiger charge is 2.14. The van der Waals surface area contributed by atoms with E-state index < -0.39 is 0 Å². The number of aryl methyl sites for hydroxylation is 2. The summed E-state index contributed by atoms with van der Waals surface area (Å²) in [4.78, 5) is 23.3. The first-order valence-corrected chi connectivity index (χ1v) is 7.12. The average Bonchev–Trinajstić information content (AvgIpc) is 2.86. The minimum atomic E-state index is 0.0317. The first kappa shape index (κ1) is 13.8. The van der Waals surface area contributed by atoms with Crippen LogP contribution in [0.15, 0.2) is 18.2 Å². The lowest BCUT2D eigenvalue weighted by Crippen LogP contribution is -2.22. The smallest absolute Gasteiger partial charge is 0.219 e. The van der Waals surface area contributed by atoms with E-state index in [2.05, 4.69) is 11.4 Å². The molecule has 19 heavy (non-hydrogen) atoms. The summed E-state index contributed by atoms with van der Waals surface area (Å²) < 4.78 is 0. The molecular formula is C16H21NO2. The number of amides is 1. The molecule has 1 amide bonds.